The van der Waals surface area contributed by atoms with Crippen molar-refractivity contribution >= 4 is 17.4 Å². The van der Waals surface area contributed by atoms with Crippen molar-refractivity contribution in [2.75, 3.05) is 25.1 Å². The maximum absolute atomic E-state index is 12.9. The smallest absolute Gasteiger partial charge is 0.222 e. The van der Waals surface area contributed by atoms with E-state index in [1.807, 2.05) is 24.4 Å². The Morgan fingerprint density at radius 1 is 1.17 bits per heavy atom. The molecule has 8 heteroatoms. The van der Waals surface area contributed by atoms with E-state index in [1.54, 1.807) is 24.1 Å². The highest BCUT2D eigenvalue weighted by molar-refractivity contribution is 5.77. The number of pyridine rings is 2. The molecule has 2 atom stereocenters. The van der Waals surface area contributed by atoms with Crippen molar-refractivity contribution in [3.05, 3.63) is 48.5 Å². The zero-order chi connectivity index (χ0) is 20.5. The molecule has 3 aromatic rings. The molecule has 5 rings (SSSR count). The fraction of sp³-hybridized carbons (Fsp3) is 0.455. The molecule has 1 amide bonds. The van der Waals surface area contributed by atoms with Crippen LogP contribution in [0.4, 0.5) is 5.82 Å². The zero-order valence-corrected chi connectivity index (χ0v) is 17.1. The number of fused-ring (bicyclic) bond motifs is 3. The van der Waals surface area contributed by atoms with E-state index >= 15 is 0 Å². The minimum absolute atomic E-state index is 0.252. The number of amides is 1. The van der Waals surface area contributed by atoms with Gasteiger partial charge >= 0.3 is 0 Å². The van der Waals surface area contributed by atoms with Gasteiger partial charge in [0.25, 0.3) is 0 Å². The van der Waals surface area contributed by atoms with Crippen molar-refractivity contribution in [3.8, 4) is 5.75 Å². The average Bonchev–Trinajstić information content (AvgIpc) is 3.36. The van der Waals surface area contributed by atoms with Crippen LogP contribution in [-0.4, -0.2) is 62.7 Å². The summed E-state index contributed by atoms with van der Waals surface area (Å²) < 4.78 is 7.00. The Morgan fingerprint density at radius 2 is 2.00 bits per heavy atom. The van der Waals surface area contributed by atoms with Crippen LogP contribution >= 0.6 is 0 Å². The Hall–Kier alpha value is -3.16. The van der Waals surface area contributed by atoms with Gasteiger partial charge < -0.3 is 14.5 Å². The number of hydrogen-bond donors (Lipinski definition) is 0. The Bertz CT molecular complexity index is 1020. The summed E-state index contributed by atoms with van der Waals surface area (Å²) in [5.41, 5.74) is 2.02. The van der Waals surface area contributed by atoms with Crippen molar-refractivity contribution in [3.63, 3.8) is 0 Å². The first kappa shape index (κ1) is 18.8. The summed E-state index contributed by atoms with van der Waals surface area (Å²) >= 11 is 0. The van der Waals surface area contributed by atoms with Gasteiger partial charge in [-0.15, -0.1) is 0 Å². The first-order chi connectivity index (χ1) is 14.7. The number of carbonyl (C=O) groups is 1. The van der Waals surface area contributed by atoms with Crippen LogP contribution in [0.25, 0.3) is 5.65 Å². The lowest BCUT2D eigenvalue weighted by Crippen LogP contribution is -2.55. The largest absolute Gasteiger partial charge is 0.495 e. The molecule has 0 N–H and O–H groups in total. The predicted molar refractivity (Wildman–Crippen MR) is 113 cm³/mol. The standard InChI is InChI=1S/C22H26N6O2/c1-30-19-9-10-20(23-12-19)28-17-7-8-18(28)14-26(13-17)21(29)6-2-4-16-5-3-11-27-22(16)24-15-25-27/h3,5,9-12,15,17-18H,2,4,6-8,13-14H2,1H3. The molecule has 5 heterocycles. The van der Waals surface area contributed by atoms with Crippen molar-refractivity contribution in [2.24, 2.45) is 0 Å². The third-order valence-electron chi connectivity index (χ3n) is 6.28. The lowest BCUT2D eigenvalue weighted by atomic mass is 10.1. The topological polar surface area (TPSA) is 75.9 Å². The molecule has 8 nitrogen and oxygen atoms in total. The maximum Gasteiger partial charge on any atom is 0.222 e. The van der Waals surface area contributed by atoms with Crippen LogP contribution in [0, 0.1) is 0 Å². The Labute approximate surface area is 175 Å². The highest BCUT2D eigenvalue weighted by Gasteiger charge is 2.41. The van der Waals surface area contributed by atoms with E-state index in [0.29, 0.717) is 18.5 Å². The van der Waals surface area contributed by atoms with Gasteiger partial charge in [0.1, 0.15) is 17.9 Å². The van der Waals surface area contributed by atoms with Gasteiger partial charge in [-0.25, -0.2) is 14.5 Å². The summed E-state index contributed by atoms with van der Waals surface area (Å²) in [6.45, 7) is 1.56. The second kappa shape index (κ2) is 7.93. The second-order valence-electron chi connectivity index (χ2n) is 8.06. The van der Waals surface area contributed by atoms with Crippen LogP contribution < -0.4 is 9.64 Å². The second-order valence-corrected chi connectivity index (χ2v) is 8.06. The third kappa shape index (κ3) is 3.46. The number of piperazine rings is 1. The number of hydrogen-bond acceptors (Lipinski definition) is 6. The molecule has 0 radical (unpaired) electrons. The quantitative estimate of drug-likeness (QED) is 0.625. The molecule has 0 saturated carbocycles. The minimum atomic E-state index is 0.252. The molecule has 2 aliphatic heterocycles. The molecule has 0 aromatic carbocycles. The molecular weight excluding hydrogens is 380 g/mol. The summed E-state index contributed by atoms with van der Waals surface area (Å²) in [5.74, 6) is 2.00. The van der Waals surface area contributed by atoms with Crippen molar-refractivity contribution < 1.29 is 9.53 Å². The molecule has 2 bridgehead atoms. The van der Waals surface area contributed by atoms with Gasteiger partial charge in [-0.1, -0.05) is 6.07 Å². The van der Waals surface area contributed by atoms with Crippen molar-refractivity contribution in [2.45, 2.75) is 44.2 Å². The minimum Gasteiger partial charge on any atom is -0.495 e. The van der Waals surface area contributed by atoms with Crippen LogP contribution in [-0.2, 0) is 11.2 Å². The van der Waals surface area contributed by atoms with Crippen LogP contribution in [0.15, 0.2) is 43.0 Å². The van der Waals surface area contributed by atoms with Gasteiger partial charge in [-0.3, -0.25) is 4.79 Å². The Balaban J connectivity index is 1.18. The first-order valence-corrected chi connectivity index (χ1v) is 10.6. The van der Waals surface area contributed by atoms with Gasteiger partial charge in [0.05, 0.1) is 13.3 Å². The molecule has 156 valence electrons. The summed E-state index contributed by atoms with van der Waals surface area (Å²) in [6, 6.07) is 8.71. The van der Waals surface area contributed by atoms with E-state index in [2.05, 4.69) is 30.9 Å². The van der Waals surface area contributed by atoms with Gasteiger partial charge in [0.2, 0.25) is 5.91 Å². The van der Waals surface area contributed by atoms with E-state index < -0.39 is 0 Å². The summed E-state index contributed by atoms with van der Waals surface area (Å²) in [7, 11) is 1.65. The number of carbonyl (C=O) groups excluding carboxylic acids is 1. The van der Waals surface area contributed by atoms with Gasteiger partial charge in [0, 0.05) is 37.8 Å². The van der Waals surface area contributed by atoms with Gasteiger partial charge in [-0.2, -0.15) is 5.10 Å². The molecule has 2 unspecified atom stereocenters. The van der Waals surface area contributed by atoms with E-state index in [-0.39, 0.29) is 5.91 Å². The van der Waals surface area contributed by atoms with Gasteiger partial charge in [0.15, 0.2) is 5.65 Å². The number of nitrogens with zero attached hydrogens (tertiary/aromatic N) is 6. The number of rotatable bonds is 6. The maximum atomic E-state index is 12.9. The number of ether oxygens (including phenoxy) is 1. The van der Waals surface area contributed by atoms with E-state index in [1.165, 1.54) is 0 Å². The first-order valence-electron chi connectivity index (χ1n) is 10.6. The van der Waals surface area contributed by atoms with E-state index in [4.69, 9.17) is 4.74 Å². The monoisotopic (exact) mass is 406 g/mol. The molecule has 3 aromatic heterocycles. The number of aromatic nitrogens is 4. The Kier molecular flexibility index (Phi) is 4.98. The number of likely N-dealkylation sites (tertiary alicyclic amines) is 1. The van der Waals surface area contributed by atoms with Crippen LogP contribution in [0.5, 0.6) is 5.75 Å². The fourth-order valence-corrected chi connectivity index (χ4v) is 4.81. The molecule has 2 aliphatic rings. The Morgan fingerprint density at radius 3 is 2.73 bits per heavy atom. The van der Waals surface area contributed by atoms with E-state index in [0.717, 1.165) is 61.6 Å². The molecule has 2 saturated heterocycles. The highest BCUT2D eigenvalue weighted by Crippen LogP contribution is 2.34. The molecule has 0 spiro atoms. The van der Waals surface area contributed by atoms with E-state index in [9.17, 15) is 4.79 Å². The molecule has 0 aliphatic carbocycles. The third-order valence-corrected chi connectivity index (χ3v) is 6.28. The molecular formula is C22H26N6O2. The summed E-state index contributed by atoms with van der Waals surface area (Å²) in [6.07, 6.45) is 9.66. The number of anilines is 1. The predicted octanol–water partition coefficient (Wildman–Crippen LogP) is 2.34. The average molecular weight is 406 g/mol. The van der Waals surface area contributed by atoms with Crippen LogP contribution in [0.1, 0.15) is 31.2 Å². The van der Waals surface area contributed by atoms with Crippen LogP contribution in [0.3, 0.4) is 0 Å². The van der Waals surface area contributed by atoms with Crippen LogP contribution in [0.2, 0.25) is 0 Å². The zero-order valence-electron chi connectivity index (χ0n) is 17.1. The van der Waals surface area contributed by atoms with Crippen molar-refractivity contribution in [1.82, 2.24) is 24.5 Å². The number of methoxy groups -OCH3 is 1. The molecule has 30 heavy (non-hydrogen) atoms. The number of aryl methyl sites for hydroxylation is 1. The molecule has 2 fully saturated rings. The lowest BCUT2D eigenvalue weighted by molar-refractivity contribution is -0.132. The summed E-state index contributed by atoms with van der Waals surface area (Å²) in [4.78, 5) is 26.2. The van der Waals surface area contributed by atoms with Crippen molar-refractivity contribution in [1.29, 1.82) is 0 Å². The highest BCUT2D eigenvalue weighted by atomic mass is 16.5. The SMILES string of the molecule is COc1ccc(N2C3CCC2CN(C(=O)CCCc2cccn4ncnc24)C3)nc1. The lowest BCUT2D eigenvalue weighted by Gasteiger charge is -2.41. The summed E-state index contributed by atoms with van der Waals surface area (Å²) in [5, 5.41) is 4.17. The fourth-order valence-electron chi connectivity index (χ4n) is 4.81. The normalized spacial score (nSPS) is 20.7. The van der Waals surface area contributed by atoms with Gasteiger partial charge in [-0.05, 0) is 49.4 Å².